The number of aromatic amines is 1. The number of hydrogen-bond acceptors (Lipinski definition) is 2. The topological polar surface area (TPSA) is 49.0 Å². The van der Waals surface area contributed by atoms with Gasteiger partial charge in [-0.2, -0.15) is 0 Å². The fourth-order valence-corrected chi connectivity index (χ4v) is 1.75. The zero-order chi connectivity index (χ0) is 12.3. The van der Waals surface area contributed by atoms with Crippen molar-refractivity contribution < 1.29 is 4.79 Å². The number of carbonyl (C=O) groups is 1. The highest BCUT2D eigenvalue weighted by Crippen LogP contribution is 2.16. The van der Waals surface area contributed by atoms with E-state index < -0.39 is 0 Å². The summed E-state index contributed by atoms with van der Waals surface area (Å²) in [4.78, 5) is 21.0. The number of hydrogen-bond donors (Lipinski definition) is 1. The SMILES string of the molecule is CCN(C(=O)c1nc[nH]c1C)c1ccccc1. The second kappa shape index (κ2) is 4.82. The van der Waals surface area contributed by atoms with E-state index in [0.717, 1.165) is 11.4 Å². The first-order valence-electron chi connectivity index (χ1n) is 5.61. The summed E-state index contributed by atoms with van der Waals surface area (Å²) in [5.74, 6) is -0.0718. The Morgan fingerprint density at radius 1 is 1.35 bits per heavy atom. The number of H-pyrrole nitrogens is 1. The molecule has 2 rings (SSSR count). The molecule has 0 aliphatic rings. The molecular weight excluding hydrogens is 214 g/mol. The third-order valence-corrected chi connectivity index (χ3v) is 2.66. The molecule has 17 heavy (non-hydrogen) atoms. The summed E-state index contributed by atoms with van der Waals surface area (Å²) < 4.78 is 0. The number of para-hydroxylation sites is 1. The molecule has 0 spiro atoms. The van der Waals surface area contributed by atoms with Crippen LogP contribution in [0.2, 0.25) is 0 Å². The number of carbonyl (C=O) groups excluding carboxylic acids is 1. The van der Waals surface area contributed by atoms with E-state index in [2.05, 4.69) is 9.97 Å². The van der Waals surface area contributed by atoms with Gasteiger partial charge in [0.25, 0.3) is 5.91 Å². The van der Waals surface area contributed by atoms with E-state index in [1.807, 2.05) is 44.2 Å². The van der Waals surface area contributed by atoms with E-state index in [0.29, 0.717) is 12.2 Å². The van der Waals surface area contributed by atoms with E-state index >= 15 is 0 Å². The molecule has 0 bridgehead atoms. The Morgan fingerprint density at radius 2 is 2.06 bits per heavy atom. The molecule has 0 radical (unpaired) electrons. The van der Waals surface area contributed by atoms with Crippen molar-refractivity contribution >= 4 is 11.6 Å². The van der Waals surface area contributed by atoms with Crippen LogP contribution < -0.4 is 4.90 Å². The first-order valence-corrected chi connectivity index (χ1v) is 5.61. The van der Waals surface area contributed by atoms with Crippen LogP contribution in [0, 0.1) is 6.92 Å². The Morgan fingerprint density at radius 3 is 2.59 bits per heavy atom. The standard InChI is InChI=1S/C13H15N3O/c1-3-16(11-7-5-4-6-8-11)13(17)12-10(2)14-9-15-12/h4-9H,3H2,1-2H3,(H,14,15). The second-order valence-electron chi connectivity index (χ2n) is 3.76. The van der Waals surface area contributed by atoms with Gasteiger partial charge in [0.1, 0.15) is 5.69 Å². The molecule has 1 heterocycles. The lowest BCUT2D eigenvalue weighted by molar-refractivity contribution is 0.0983. The summed E-state index contributed by atoms with van der Waals surface area (Å²) in [6.07, 6.45) is 1.54. The van der Waals surface area contributed by atoms with Crippen LogP contribution in [0.4, 0.5) is 5.69 Å². The summed E-state index contributed by atoms with van der Waals surface area (Å²) in [5.41, 5.74) is 2.17. The van der Waals surface area contributed by atoms with Gasteiger partial charge in [-0.1, -0.05) is 18.2 Å². The van der Waals surface area contributed by atoms with E-state index in [9.17, 15) is 4.79 Å². The number of nitrogens with one attached hydrogen (secondary N) is 1. The number of imidazole rings is 1. The van der Waals surface area contributed by atoms with E-state index in [4.69, 9.17) is 0 Å². The first kappa shape index (κ1) is 11.4. The van der Waals surface area contributed by atoms with Gasteiger partial charge < -0.3 is 9.88 Å². The Hall–Kier alpha value is -2.10. The molecule has 1 amide bonds. The van der Waals surface area contributed by atoms with Crippen molar-refractivity contribution in [3.05, 3.63) is 48.0 Å². The van der Waals surface area contributed by atoms with Gasteiger partial charge in [0, 0.05) is 17.9 Å². The Bertz CT molecular complexity index is 504. The zero-order valence-electron chi connectivity index (χ0n) is 9.97. The van der Waals surface area contributed by atoms with Crippen molar-refractivity contribution in [3.63, 3.8) is 0 Å². The molecule has 0 aliphatic heterocycles. The van der Waals surface area contributed by atoms with Crippen LogP contribution in [0.15, 0.2) is 36.7 Å². The van der Waals surface area contributed by atoms with Gasteiger partial charge in [-0.15, -0.1) is 0 Å². The maximum Gasteiger partial charge on any atom is 0.278 e. The smallest absolute Gasteiger partial charge is 0.278 e. The molecule has 4 heteroatoms. The van der Waals surface area contributed by atoms with Gasteiger partial charge in [-0.3, -0.25) is 4.79 Å². The number of aryl methyl sites for hydroxylation is 1. The molecule has 1 aromatic carbocycles. The minimum absolute atomic E-state index is 0.0718. The van der Waals surface area contributed by atoms with Crippen LogP contribution in [0.5, 0.6) is 0 Å². The first-order chi connectivity index (χ1) is 8.24. The van der Waals surface area contributed by atoms with Crippen LogP contribution in [0.1, 0.15) is 23.1 Å². The predicted octanol–water partition coefficient (Wildman–Crippen LogP) is 2.38. The largest absolute Gasteiger partial charge is 0.348 e. The van der Waals surface area contributed by atoms with Gasteiger partial charge >= 0.3 is 0 Å². The fraction of sp³-hybridized carbons (Fsp3) is 0.231. The average Bonchev–Trinajstić information content (AvgIpc) is 2.77. The van der Waals surface area contributed by atoms with Gasteiger partial charge in [-0.05, 0) is 26.0 Å². The van der Waals surface area contributed by atoms with Gasteiger partial charge in [-0.25, -0.2) is 4.98 Å². The van der Waals surface area contributed by atoms with Gasteiger partial charge in [0.2, 0.25) is 0 Å². The zero-order valence-corrected chi connectivity index (χ0v) is 9.97. The summed E-state index contributed by atoms with van der Waals surface area (Å²) in [7, 11) is 0. The molecule has 0 saturated heterocycles. The third-order valence-electron chi connectivity index (χ3n) is 2.66. The molecule has 0 saturated carbocycles. The molecule has 1 aromatic heterocycles. The average molecular weight is 229 g/mol. The lowest BCUT2D eigenvalue weighted by Gasteiger charge is -2.20. The summed E-state index contributed by atoms with van der Waals surface area (Å²) in [6.45, 7) is 4.42. The monoisotopic (exact) mass is 229 g/mol. The number of nitrogens with zero attached hydrogens (tertiary/aromatic N) is 2. The Labute approximate surface area is 100 Å². The highest BCUT2D eigenvalue weighted by Gasteiger charge is 2.19. The van der Waals surface area contributed by atoms with Gasteiger partial charge in [0.05, 0.1) is 6.33 Å². The third kappa shape index (κ3) is 2.20. The molecule has 4 nitrogen and oxygen atoms in total. The molecule has 1 N–H and O–H groups in total. The molecule has 0 aliphatic carbocycles. The molecule has 88 valence electrons. The highest BCUT2D eigenvalue weighted by atomic mass is 16.2. The molecular formula is C13H15N3O. The van der Waals surface area contributed by atoms with E-state index in [1.165, 1.54) is 0 Å². The van der Waals surface area contributed by atoms with Crippen molar-refractivity contribution in [2.24, 2.45) is 0 Å². The van der Waals surface area contributed by atoms with Crippen LogP contribution in [-0.4, -0.2) is 22.4 Å². The minimum atomic E-state index is -0.0718. The maximum atomic E-state index is 12.3. The van der Waals surface area contributed by atoms with Crippen LogP contribution in [-0.2, 0) is 0 Å². The highest BCUT2D eigenvalue weighted by molar-refractivity contribution is 6.05. The van der Waals surface area contributed by atoms with Crippen LogP contribution in [0.25, 0.3) is 0 Å². The van der Waals surface area contributed by atoms with E-state index in [1.54, 1.807) is 11.2 Å². The summed E-state index contributed by atoms with van der Waals surface area (Å²) in [6, 6.07) is 9.61. The van der Waals surface area contributed by atoms with Crippen molar-refractivity contribution in [2.45, 2.75) is 13.8 Å². The quantitative estimate of drug-likeness (QED) is 0.878. The van der Waals surface area contributed by atoms with E-state index in [-0.39, 0.29) is 5.91 Å². The molecule has 0 atom stereocenters. The maximum absolute atomic E-state index is 12.3. The predicted molar refractivity (Wildman–Crippen MR) is 67.1 cm³/mol. The summed E-state index contributed by atoms with van der Waals surface area (Å²) in [5, 5.41) is 0. The Balaban J connectivity index is 2.32. The number of rotatable bonds is 3. The molecule has 0 fully saturated rings. The molecule has 2 aromatic rings. The fourth-order valence-electron chi connectivity index (χ4n) is 1.75. The number of aromatic nitrogens is 2. The number of benzene rings is 1. The van der Waals surface area contributed by atoms with Gasteiger partial charge in [0.15, 0.2) is 0 Å². The minimum Gasteiger partial charge on any atom is -0.348 e. The van der Waals surface area contributed by atoms with Crippen molar-refractivity contribution in [2.75, 3.05) is 11.4 Å². The lowest BCUT2D eigenvalue weighted by Crippen LogP contribution is -2.31. The normalized spacial score (nSPS) is 10.2. The van der Waals surface area contributed by atoms with Crippen molar-refractivity contribution in [1.82, 2.24) is 9.97 Å². The second-order valence-corrected chi connectivity index (χ2v) is 3.76. The van der Waals surface area contributed by atoms with Crippen molar-refractivity contribution in [3.8, 4) is 0 Å². The van der Waals surface area contributed by atoms with Crippen LogP contribution in [0.3, 0.4) is 0 Å². The Kier molecular flexibility index (Phi) is 3.23. The number of amides is 1. The molecule has 0 unspecified atom stereocenters. The van der Waals surface area contributed by atoms with Crippen LogP contribution >= 0.6 is 0 Å². The summed E-state index contributed by atoms with van der Waals surface area (Å²) >= 11 is 0. The number of anilines is 1. The van der Waals surface area contributed by atoms with Crippen molar-refractivity contribution in [1.29, 1.82) is 0 Å². The lowest BCUT2D eigenvalue weighted by atomic mass is 10.2.